The van der Waals surface area contributed by atoms with Gasteiger partial charge in [-0.3, -0.25) is 14.2 Å². The number of hydrogen-bond acceptors (Lipinski definition) is 6. The van der Waals surface area contributed by atoms with E-state index in [9.17, 15) is 22.8 Å². The average molecular weight is 425 g/mol. The number of amides is 1. The average Bonchev–Trinajstić information content (AvgIpc) is 2.73. The number of hydrogen-bond donors (Lipinski definition) is 0. The van der Waals surface area contributed by atoms with Crippen LogP contribution in [0.25, 0.3) is 0 Å². The van der Waals surface area contributed by atoms with Crippen molar-refractivity contribution in [2.75, 3.05) is 36.8 Å². The van der Waals surface area contributed by atoms with Crippen LogP contribution in [0.4, 0.5) is 19.0 Å². The third-order valence-corrected chi connectivity index (χ3v) is 6.21. The van der Waals surface area contributed by atoms with E-state index in [1.165, 1.54) is 34.7 Å². The Morgan fingerprint density at radius 3 is 2.52 bits per heavy atom. The SMILES string of the molecule is O=C([C@H]1CSc2nccc(=O)n2C1)N1CCN(c2ccc(C(F)(F)F)cn2)CC1. The Morgan fingerprint density at radius 1 is 1.10 bits per heavy atom. The van der Waals surface area contributed by atoms with Crippen LogP contribution in [0.5, 0.6) is 0 Å². The molecule has 0 unspecified atom stereocenters. The Hall–Kier alpha value is -2.56. The van der Waals surface area contributed by atoms with Gasteiger partial charge < -0.3 is 9.80 Å². The number of thioether (sulfide) groups is 1. The summed E-state index contributed by atoms with van der Waals surface area (Å²) in [6, 6.07) is 3.75. The van der Waals surface area contributed by atoms with E-state index in [-0.39, 0.29) is 17.4 Å². The Morgan fingerprint density at radius 2 is 1.86 bits per heavy atom. The van der Waals surface area contributed by atoms with Crippen molar-refractivity contribution in [2.24, 2.45) is 5.92 Å². The molecule has 1 saturated heterocycles. The highest BCUT2D eigenvalue weighted by molar-refractivity contribution is 7.99. The predicted molar refractivity (Wildman–Crippen MR) is 101 cm³/mol. The number of carbonyl (C=O) groups excluding carboxylic acids is 1. The molecule has 0 aliphatic carbocycles. The molecule has 0 radical (unpaired) electrons. The number of alkyl halides is 3. The predicted octanol–water partition coefficient (Wildman–Crippen LogP) is 1.73. The van der Waals surface area contributed by atoms with Crippen molar-refractivity contribution >= 4 is 23.5 Å². The summed E-state index contributed by atoms with van der Waals surface area (Å²) in [4.78, 5) is 36.6. The van der Waals surface area contributed by atoms with Gasteiger partial charge in [-0.15, -0.1) is 0 Å². The normalized spacial score (nSPS) is 19.8. The topological polar surface area (TPSA) is 71.3 Å². The highest BCUT2D eigenvalue weighted by Crippen LogP contribution is 2.30. The van der Waals surface area contributed by atoms with Gasteiger partial charge in [-0.05, 0) is 12.1 Å². The van der Waals surface area contributed by atoms with Crippen molar-refractivity contribution in [3.63, 3.8) is 0 Å². The maximum Gasteiger partial charge on any atom is 0.417 e. The van der Waals surface area contributed by atoms with Crippen LogP contribution in [0.1, 0.15) is 5.56 Å². The Labute approximate surface area is 168 Å². The Kier molecular flexibility index (Phi) is 5.24. The number of carbonyl (C=O) groups is 1. The lowest BCUT2D eigenvalue weighted by Crippen LogP contribution is -2.52. The molecule has 2 aliphatic rings. The minimum absolute atomic E-state index is 0.0149. The first-order valence-corrected chi connectivity index (χ1v) is 10.1. The van der Waals surface area contributed by atoms with Gasteiger partial charge in [0.25, 0.3) is 5.56 Å². The van der Waals surface area contributed by atoms with Gasteiger partial charge in [-0.1, -0.05) is 11.8 Å². The van der Waals surface area contributed by atoms with Gasteiger partial charge in [0, 0.05) is 56.9 Å². The van der Waals surface area contributed by atoms with Crippen molar-refractivity contribution < 1.29 is 18.0 Å². The summed E-state index contributed by atoms with van der Waals surface area (Å²) in [5, 5.41) is 0.625. The van der Waals surface area contributed by atoms with Crippen molar-refractivity contribution in [1.82, 2.24) is 19.4 Å². The maximum atomic E-state index is 12.9. The summed E-state index contributed by atoms with van der Waals surface area (Å²) in [6.07, 6.45) is -2.11. The number of pyridine rings is 1. The summed E-state index contributed by atoms with van der Waals surface area (Å²) in [6.45, 7) is 2.20. The van der Waals surface area contributed by atoms with E-state index in [0.717, 1.165) is 12.3 Å². The van der Waals surface area contributed by atoms with Gasteiger partial charge in [0.05, 0.1) is 11.5 Å². The monoisotopic (exact) mass is 425 g/mol. The van der Waals surface area contributed by atoms with Crippen LogP contribution in [0, 0.1) is 5.92 Å². The summed E-state index contributed by atoms with van der Waals surface area (Å²) < 4.78 is 39.5. The molecule has 0 saturated carbocycles. The fraction of sp³-hybridized carbons (Fsp3) is 0.444. The molecule has 2 aromatic rings. The molecule has 1 fully saturated rings. The molecule has 2 aliphatic heterocycles. The van der Waals surface area contributed by atoms with Gasteiger partial charge in [0.15, 0.2) is 5.16 Å². The Bertz CT molecular complexity index is 955. The second-order valence-electron chi connectivity index (χ2n) is 6.90. The van der Waals surface area contributed by atoms with Crippen LogP contribution in [0.2, 0.25) is 0 Å². The fourth-order valence-electron chi connectivity index (χ4n) is 3.45. The molecule has 1 amide bonds. The third kappa shape index (κ3) is 4.09. The van der Waals surface area contributed by atoms with E-state index in [4.69, 9.17) is 0 Å². The molecule has 29 heavy (non-hydrogen) atoms. The van der Waals surface area contributed by atoms with Gasteiger partial charge in [-0.2, -0.15) is 13.2 Å². The molecule has 0 aromatic carbocycles. The van der Waals surface area contributed by atoms with Crippen molar-refractivity contribution in [3.05, 3.63) is 46.5 Å². The van der Waals surface area contributed by atoms with Crippen LogP contribution in [0.15, 0.2) is 40.5 Å². The molecule has 0 N–H and O–H groups in total. The zero-order chi connectivity index (χ0) is 20.6. The highest BCUT2D eigenvalue weighted by Gasteiger charge is 2.33. The molecule has 2 aromatic heterocycles. The first-order chi connectivity index (χ1) is 13.8. The number of aromatic nitrogens is 3. The third-order valence-electron chi connectivity index (χ3n) is 5.06. The summed E-state index contributed by atoms with van der Waals surface area (Å²) in [7, 11) is 0. The van der Waals surface area contributed by atoms with Crippen LogP contribution in [0.3, 0.4) is 0 Å². The molecule has 11 heteroatoms. The fourth-order valence-corrected chi connectivity index (χ4v) is 4.51. The smallest absolute Gasteiger partial charge is 0.353 e. The van der Waals surface area contributed by atoms with Crippen molar-refractivity contribution in [3.8, 4) is 0 Å². The van der Waals surface area contributed by atoms with Gasteiger partial charge in [-0.25, -0.2) is 9.97 Å². The van der Waals surface area contributed by atoms with E-state index in [0.29, 0.717) is 49.5 Å². The van der Waals surface area contributed by atoms with E-state index in [1.54, 1.807) is 4.90 Å². The molecular formula is C18H18F3N5O2S. The lowest BCUT2D eigenvalue weighted by Gasteiger charge is -2.37. The molecule has 4 rings (SSSR count). The molecule has 1 atom stereocenters. The number of halogens is 3. The van der Waals surface area contributed by atoms with Gasteiger partial charge >= 0.3 is 6.18 Å². The van der Waals surface area contributed by atoms with Crippen LogP contribution in [-0.2, 0) is 17.5 Å². The largest absolute Gasteiger partial charge is 0.417 e. The first-order valence-electron chi connectivity index (χ1n) is 9.08. The zero-order valence-corrected chi connectivity index (χ0v) is 16.1. The number of fused-ring (bicyclic) bond motifs is 1. The number of piperazine rings is 1. The lowest BCUT2D eigenvalue weighted by atomic mass is 10.1. The number of rotatable bonds is 2. The lowest BCUT2D eigenvalue weighted by molar-refractivity contribution is -0.138. The summed E-state index contributed by atoms with van der Waals surface area (Å²) in [5.74, 6) is 0.713. The molecular weight excluding hydrogens is 407 g/mol. The number of anilines is 1. The van der Waals surface area contributed by atoms with Crippen LogP contribution >= 0.6 is 11.8 Å². The second-order valence-corrected chi connectivity index (χ2v) is 7.89. The van der Waals surface area contributed by atoms with Gasteiger partial charge in [0.1, 0.15) is 5.82 Å². The molecule has 154 valence electrons. The first kappa shape index (κ1) is 19.7. The molecule has 0 spiro atoms. The minimum Gasteiger partial charge on any atom is -0.353 e. The Balaban J connectivity index is 1.37. The maximum absolute atomic E-state index is 12.9. The number of nitrogens with zero attached hydrogens (tertiary/aromatic N) is 5. The van der Waals surface area contributed by atoms with Gasteiger partial charge in [0.2, 0.25) is 5.91 Å². The zero-order valence-electron chi connectivity index (χ0n) is 15.3. The minimum atomic E-state index is -4.41. The van der Waals surface area contributed by atoms with Crippen LogP contribution < -0.4 is 10.5 Å². The summed E-state index contributed by atoms with van der Waals surface area (Å²) >= 11 is 1.40. The van der Waals surface area contributed by atoms with E-state index in [1.807, 2.05) is 4.90 Å². The van der Waals surface area contributed by atoms with E-state index >= 15 is 0 Å². The van der Waals surface area contributed by atoms with Crippen LogP contribution in [-0.4, -0.2) is 57.3 Å². The molecule has 7 nitrogen and oxygen atoms in total. The highest BCUT2D eigenvalue weighted by atomic mass is 32.2. The molecule has 0 bridgehead atoms. The van der Waals surface area contributed by atoms with Crippen molar-refractivity contribution in [1.29, 1.82) is 0 Å². The second kappa shape index (κ2) is 7.69. The summed E-state index contributed by atoms with van der Waals surface area (Å²) in [5.41, 5.74) is -0.951. The van der Waals surface area contributed by atoms with Crippen molar-refractivity contribution in [2.45, 2.75) is 17.9 Å². The standard InChI is InChI=1S/C18H18F3N5O2S/c19-18(20,21)13-1-2-14(23-9-13)24-5-7-25(8-6-24)16(28)12-10-26-15(27)3-4-22-17(26)29-11-12/h1-4,9,12H,5-8,10-11H2/t12-/m1/s1. The quantitative estimate of drug-likeness (QED) is 0.683. The van der Waals surface area contributed by atoms with E-state index in [2.05, 4.69) is 9.97 Å². The molecule has 4 heterocycles. The van der Waals surface area contributed by atoms with E-state index < -0.39 is 11.7 Å².